The van der Waals surface area contributed by atoms with Crippen molar-refractivity contribution in [2.24, 2.45) is 0 Å². The molecular formula is C17H26N2O2. The van der Waals surface area contributed by atoms with E-state index in [1.54, 1.807) is 6.07 Å². The Morgan fingerprint density at radius 2 is 1.67 bits per heavy atom. The Morgan fingerprint density at radius 3 is 2.33 bits per heavy atom. The summed E-state index contributed by atoms with van der Waals surface area (Å²) in [5, 5.41) is 5.27. The van der Waals surface area contributed by atoms with Crippen molar-refractivity contribution in [1.29, 1.82) is 0 Å². The Bertz CT molecular complexity index is 484. The third-order valence-electron chi connectivity index (χ3n) is 3.54. The number of aryl methyl sites for hydroxylation is 2. The van der Waals surface area contributed by atoms with Gasteiger partial charge in [-0.15, -0.1) is 0 Å². The Morgan fingerprint density at radius 1 is 0.952 bits per heavy atom. The fourth-order valence-electron chi connectivity index (χ4n) is 2.02. The van der Waals surface area contributed by atoms with Crippen molar-refractivity contribution in [3.05, 3.63) is 29.3 Å². The molecule has 0 fully saturated rings. The van der Waals surface area contributed by atoms with E-state index in [9.17, 15) is 9.59 Å². The summed E-state index contributed by atoms with van der Waals surface area (Å²) in [4.78, 5) is 23.4. The molecule has 0 aliphatic carbocycles. The molecule has 4 heteroatoms. The van der Waals surface area contributed by atoms with Crippen LogP contribution in [-0.4, -0.2) is 18.4 Å². The van der Waals surface area contributed by atoms with E-state index in [-0.39, 0.29) is 0 Å². The number of amides is 2. The molecule has 0 atom stereocenters. The first-order valence-electron chi connectivity index (χ1n) is 7.71. The van der Waals surface area contributed by atoms with Crippen LogP contribution in [0.15, 0.2) is 18.2 Å². The van der Waals surface area contributed by atoms with Gasteiger partial charge in [0.1, 0.15) is 0 Å². The monoisotopic (exact) mass is 290 g/mol. The highest BCUT2D eigenvalue weighted by atomic mass is 16.2. The zero-order chi connectivity index (χ0) is 15.7. The van der Waals surface area contributed by atoms with Crippen LogP contribution >= 0.6 is 0 Å². The Kier molecular flexibility index (Phi) is 7.51. The van der Waals surface area contributed by atoms with Crippen LogP contribution in [0.2, 0.25) is 0 Å². The molecule has 21 heavy (non-hydrogen) atoms. The van der Waals surface area contributed by atoms with Crippen LogP contribution in [0.1, 0.15) is 50.2 Å². The van der Waals surface area contributed by atoms with Gasteiger partial charge in [0, 0.05) is 12.2 Å². The van der Waals surface area contributed by atoms with Gasteiger partial charge in [-0.25, -0.2) is 0 Å². The van der Waals surface area contributed by atoms with Crippen LogP contribution in [0, 0.1) is 13.8 Å². The Balaban J connectivity index is 2.30. The molecule has 0 unspecified atom stereocenters. The SMILES string of the molecule is CCCCCCCNC(=O)C(=O)Nc1ccc(C)c(C)c1. The number of benzene rings is 1. The van der Waals surface area contributed by atoms with E-state index in [1.807, 2.05) is 26.0 Å². The van der Waals surface area contributed by atoms with Gasteiger partial charge in [0.15, 0.2) is 0 Å². The smallest absolute Gasteiger partial charge is 0.313 e. The third-order valence-corrected chi connectivity index (χ3v) is 3.54. The van der Waals surface area contributed by atoms with Gasteiger partial charge >= 0.3 is 11.8 Å². The molecule has 0 spiro atoms. The molecule has 0 saturated carbocycles. The van der Waals surface area contributed by atoms with Crippen LogP contribution in [0.25, 0.3) is 0 Å². The molecule has 0 aliphatic rings. The number of carbonyl (C=O) groups excluding carboxylic acids is 2. The summed E-state index contributed by atoms with van der Waals surface area (Å²) in [6.45, 7) is 6.70. The zero-order valence-corrected chi connectivity index (χ0v) is 13.3. The summed E-state index contributed by atoms with van der Waals surface area (Å²) >= 11 is 0. The van der Waals surface area contributed by atoms with E-state index >= 15 is 0 Å². The van der Waals surface area contributed by atoms with Gasteiger partial charge in [-0.3, -0.25) is 9.59 Å². The average molecular weight is 290 g/mol. The van der Waals surface area contributed by atoms with E-state index in [0.717, 1.165) is 24.0 Å². The lowest BCUT2D eigenvalue weighted by molar-refractivity contribution is -0.136. The summed E-state index contributed by atoms with van der Waals surface area (Å²) in [5.74, 6) is -1.17. The number of anilines is 1. The van der Waals surface area contributed by atoms with E-state index in [2.05, 4.69) is 17.6 Å². The molecule has 0 saturated heterocycles. The average Bonchev–Trinajstić information content (AvgIpc) is 2.46. The zero-order valence-electron chi connectivity index (χ0n) is 13.3. The van der Waals surface area contributed by atoms with Gasteiger partial charge in [-0.05, 0) is 43.5 Å². The molecule has 1 rings (SSSR count). The minimum Gasteiger partial charge on any atom is -0.348 e. The minimum absolute atomic E-state index is 0.558. The van der Waals surface area contributed by atoms with Crippen molar-refractivity contribution in [3.63, 3.8) is 0 Å². The summed E-state index contributed by atoms with van der Waals surface area (Å²) < 4.78 is 0. The second-order valence-corrected chi connectivity index (χ2v) is 5.42. The fraction of sp³-hybridized carbons (Fsp3) is 0.529. The summed E-state index contributed by atoms with van der Waals surface area (Å²) in [7, 11) is 0. The molecule has 1 aromatic rings. The molecule has 2 amide bonds. The lowest BCUT2D eigenvalue weighted by Crippen LogP contribution is -2.35. The van der Waals surface area contributed by atoms with Crippen molar-refractivity contribution >= 4 is 17.5 Å². The first-order valence-corrected chi connectivity index (χ1v) is 7.71. The van der Waals surface area contributed by atoms with Crippen LogP contribution < -0.4 is 10.6 Å². The molecule has 0 heterocycles. The quantitative estimate of drug-likeness (QED) is 0.598. The second kappa shape index (κ2) is 9.16. The summed E-state index contributed by atoms with van der Waals surface area (Å²) in [6, 6.07) is 5.60. The van der Waals surface area contributed by atoms with Gasteiger partial charge < -0.3 is 10.6 Å². The molecule has 0 aliphatic heterocycles. The predicted molar refractivity (Wildman–Crippen MR) is 86.3 cm³/mol. The Hall–Kier alpha value is -1.84. The number of nitrogens with one attached hydrogen (secondary N) is 2. The molecular weight excluding hydrogens is 264 g/mol. The first kappa shape index (κ1) is 17.2. The fourth-order valence-corrected chi connectivity index (χ4v) is 2.02. The normalized spacial score (nSPS) is 10.2. The largest absolute Gasteiger partial charge is 0.348 e. The van der Waals surface area contributed by atoms with Gasteiger partial charge in [-0.2, -0.15) is 0 Å². The second-order valence-electron chi connectivity index (χ2n) is 5.42. The molecule has 4 nitrogen and oxygen atoms in total. The van der Waals surface area contributed by atoms with Gasteiger partial charge in [0.25, 0.3) is 0 Å². The maximum absolute atomic E-state index is 11.8. The van der Waals surface area contributed by atoms with Gasteiger partial charge in [0.05, 0.1) is 0 Å². The third kappa shape index (κ3) is 6.43. The predicted octanol–water partition coefficient (Wildman–Crippen LogP) is 3.33. The van der Waals surface area contributed by atoms with Gasteiger partial charge in [0.2, 0.25) is 0 Å². The molecule has 0 radical (unpaired) electrons. The lowest BCUT2D eigenvalue weighted by Gasteiger charge is -2.08. The molecule has 0 aromatic heterocycles. The van der Waals surface area contributed by atoms with Crippen molar-refractivity contribution < 1.29 is 9.59 Å². The topological polar surface area (TPSA) is 58.2 Å². The van der Waals surface area contributed by atoms with Gasteiger partial charge in [-0.1, -0.05) is 38.7 Å². The van der Waals surface area contributed by atoms with Crippen molar-refractivity contribution in [3.8, 4) is 0 Å². The van der Waals surface area contributed by atoms with Crippen LogP contribution in [0.4, 0.5) is 5.69 Å². The number of rotatable bonds is 7. The Labute approximate surface area is 127 Å². The van der Waals surface area contributed by atoms with E-state index in [0.29, 0.717) is 12.2 Å². The summed E-state index contributed by atoms with van der Waals surface area (Å²) in [6.07, 6.45) is 5.61. The molecule has 1 aromatic carbocycles. The maximum atomic E-state index is 11.8. The maximum Gasteiger partial charge on any atom is 0.313 e. The molecule has 2 N–H and O–H groups in total. The number of hydrogen-bond acceptors (Lipinski definition) is 2. The lowest BCUT2D eigenvalue weighted by atomic mass is 10.1. The highest BCUT2D eigenvalue weighted by molar-refractivity contribution is 6.39. The summed E-state index contributed by atoms with van der Waals surface area (Å²) in [5.41, 5.74) is 2.90. The van der Waals surface area contributed by atoms with Crippen molar-refractivity contribution in [2.75, 3.05) is 11.9 Å². The standard InChI is InChI=1S/C17H26N2O2/c1-4-5-6-7-8-11-18-16(20)17(21)19-15-10-9-13(2)14(3)12-15/h9-10,12H,4-8,11H2,1-3H3,(H,18,20)(H,19,21). The van der Waals surface area contributed by atoms with Crippen LogP contribution in [0.3, 0.4) is 0 Å². The molecule has 0 bridgehead atoms. The highest BCUT2D eigenvalue weighted by Gasteiger charge is 2.12. The van der Waals surface area contributed by atoms with Crippen molar-refractivity contribution in [1.82, 2.24) is 5.32 Å². The van der Waals surface area contributed by atoms with Crippen molar-refractivity contribution in [2.45, 2.75) is 52.9 Å². The minimum atomic E-state index is -0.605. The van der Waals surface area contributed by atoms with Crippen LogP contribution in [-0.2, 0) is 9.59 Å². The highest BCUT2D eigenvalue weighted by Crippen LogP contribution is 2.13. The van der Waals surface area contributed by atoms with E-state index in [1.165, 1.54) is 19.3 Å². The molecule has 116 valence electrons. The van der Waals surface area contributed by atoms with E-state index < -0.39 is 11.8 Å². The number of unbranched alkanes of at least 4 members (excludes halogenated alkanes) is 4. The van der Waals surface area contributed by atoms with E-state index in [4.69, 9.17) is 0 Å². The number of carbonyl (C=O) groups is 2. The first-order chi connectivity index (χ1) is 10.0. The van der Waals surface area contributed by atoms with Crippen LogP contribution in [0.5, 0.6) is 0 Å². The number of hydrogen-bond donors (Lipinski definition) is 2.